The van der Waals surface area contributed by atoms with Gasteiger partial charge in [0.2, 0.25) is 11.8 Å². The molecule has 62 heavy (non-hydrogen) atoms. The topological polar surface area (TPSA) is 171 Å². The van der Waals surface area contributed by atoms with Crippen LogP contribution in [0.5, 0.6) is 0 Å². The van der Waals surface area contributed by atoms with E-state index in [2.05, 4.69) is 75.9 Å². The van der Waals surface area contributed by atoms with Crippen molar-refractivity contribution in [2.75, 3.05) is 20.8 Å². The fourth-order valence-electron chi connectivity index (χ4n) is 9.85. The minimum atomic E-state index is -0.970. The SMILES string of the molecule is C.COC(=O)N[C@@H](CC#N)C(=O)N1[C@@H]2CC[C@@H](C2)[C@H]1C1=NC=C(c2ccc3cc(-c4ccc(-c5cnc([C@@H]6CCCN6C(=O)[C@@H](NC(=O)OC)C(C)C)n5C)cc4)ccc3c2)C1. The summed E-state index contributed by atoms with van der Waals surface area (Å²) in [6, 6.07) is 21.5. The highest BCUT2D eigenvalue weighted by Crippen LogP contribution is 2.45. The molecule has 14 heteroatoms. The molecule has 14 nitrogen and oxygen atoms in total. The predicted molar refractivity (Wildman–Crippen MR) is 238 cm³/mol. The average Bonchev–Trinajstić information content (AvgIpc) is 4.14. The van der Waals surface area contributed by atoms with Crippen molar-refractivity contribution in [1.29, 1.82) is 5.26 Å². The van der Waals surface area contributed by atoms with Crippen molar-refractivity contribution >= 4 is 46.1 Å². The fourth-order valence-corrected chi connectivity index (χ4v) is 9.85. The molecule has 1 aromatic heterocycles. The van der Waals surface area contributed by atoms with Crippen molar-refractivity contribution in [3.63, 3.8) is 0 Å². The summed E-state index contributed by atoms with van der Waals surface area (Å²) in [6.07, 6.45) is 7.40. The number of imidazole rings is 1. The number of piperidine rings is 1. The number of rotatable bonds is 11. The minimum Gasteiger partial charge on any atom is -0.453 e. The first-order chi connectivity index (χ1) is 29.5. The molecule has 2 N–H and O–H groups in total. The van der Waals surface area contributed by atoms with Gasteiger partial charge in [0.1, 0.15) is 17.9 Å². The van der Waals surface area contributed by atoms with Crippen molar-refractivity contribution in [2.45, 2.75) is 96.4 Å². The van der Waals surface area contributed by atoms with Gasteiger partial charge in [0, 0.05) is 38.0 Å². The number of carbonyl (C=O) groups excluding carboxylic acids is 4. The summed E-state index contributed by atoms with van der Waals surface area (Å²) in [5, 5.41) is 16.9. The van der Waals surface area contributed by atoms with E-state index >= 15 is 0 Å². The van der Waals surface area contributed by atoms with Gasteiger partial charge in [-0.25, -0.2) is 14.6 Å². The highest BCUT2D eigenvalue weighted by atomic mass is 16.5. The molecule has 0 spiro atoms. The number of ether oxygens (including phenoxy) is 2. The average molecular weight is 841 g/mol. The Balaban J connectivity index is 0.00000578. The molecule has 3 aromatic carbocycles. The highest BCUT2D eigenvalue weighted by Gasteiger charge is 2.51. The number of carbonyl (C=O) groups is 4. The maximum Gasteiger partial charge on any atom is 0.407 e. The molecule has 4 aliphatic rings. The van der Waals surface area contributed by atoms with Crippen LogP contribution in [0.25, 0.3) is 38.7 Å². The summed E-state index contributed by atoms with van der Waals surface area (Å²) >= 11 is 0. The Bertz CT molecular complexity index is 2470. The van der Waals surface area contributed by atoms with Crippen LogP contribution in [0.2, 0.25) is 0 Å². The van der Waals surface area contributed by atoms with Crippen LogP contribution in [0.1, 0.15) is 83.6 Å². The van der Waals surface area contributed by atoms with Crippen LogP contribution in [0.4, 0.5) is 9.59 Å². The van der Waals surface area contributed by atoms with E-state index in [0.29, 0.717) is 18.9 Å². The first-order valence-electron chi connectivity index (χ1n) is 21.1. The second-order valence-corrected chi connectivity index (χ2v) is 16.9. The van der Waals surface area contributed by atoms with Gasteiger partial charge in [0.05, 0.1) is 50.7 Å². The standard InChI is InChI=1S/C47H52N8O6.CH4/c1-27(2)41(52-47(59)61-5)45(57)54-20-6-7-39(54)43-50-26-40(53(43)3)29-10-8-28(9-11-29)30-12-13-32-22-33(15-14-31(32)21-30)35-24-38(49-25-35)42-34-16-17-36(23-34)55(42)44(56)37(18-19-48)51-46(58)60-4;/h8-15,21-22,25-27,34,36-37,39,41-42H,6-7,16-18,20,23-24H2,1-5H3,(H,51,58)(H,52,59);1H4/t34-,36+,37-,39-,41-,42-;/m0./s1. The van der Waals surface area contributed by atoms with Crippen LogP contribution in [0, 0.1) is 23.2 Å². The molecule has 2 bridgehead atoms. The number of aliphatic imine (C=N–C) groups is 1. The number of alkyl carbamates (subject to hydrolysis) is 2. The Morgan fingerprint density at radius 2 is 1.53 bits per heavy atom. The molecule has 2 saturated heterocycles. The van der Waals surface area contributed by atoms with Crippen molar-refractivity contribution in [1.82, 2.24) is 30.0 Å². The third-order valence-electron chi connectivity index (χ3n) is 13.0. The number of benzene rings is 3. The number of aromatic nitrogens is 2. The van der Waals surface area contributed by atoms with Crippen LogP contribution >= 0.6 is 0 Å². The van der Waals surface area contributed by atoms with E-state index in [1.807, 2.05) is 49.2 Å². The zero-order valence-corrected chi connectivity index (χ0v) is 35.3. The quantitative estimate of drug-likeness (QED) is 0.154. The van der Waals surface area contributed by atoms with Crippen LogP contribution < -0.4 is 10.6 Å². The minimum absolute atomic E-state index is 0. The summed E-state index contributed by atoms with van der Waals surface area (Å²) in [5.41, 5.74) is 7.27. The lowest BCUT2D eigenvalue weighted by Crippen LogP contribution is -2.56. The number of amides is 4. The third kappa shape index (κ3) is 8.28. The summed E-state index contributed by atoms with van der Waals surface area (Å²) in [4.78, 5) is 65.0. The van der Waals surface area contributed by atoms with Crippen LogP contribution in [0.3, 0.4) is 0 Å². The van der Waals surface area contributed by atoms with Crippen molar-refractivity contribution in [3.8, 4) is 28.5 Å². The largest absolute Gasteiger partial charge is 0.453 e. The molecular weight excluding hydrogens is 785 g/mol. The third-order valence-corrected chi connectivity index (χ3v) is 13.0. The van der Waals surface area contributed by atoms with E-state index in [9.17, 15) is 24.4 Å². The number of fused-ring (bicyclic) bond motifs is 3. The lowest BCUT2D eigenvalue weighted by Gasteiger charge is -2.37. The molecule has 324 valence electrons. The van der Waals surface area contributed by atoms with Gasteiger partial charge in [0.25, 0.3) is 0 Å². The van der Waals surface area contributed by atoms with Crippen LogP contribution in [0.15, 0.2) is 78.1 Å². The Labute approximate surface area is 363 Å². The van der Waals surface area contributed by atoms with E-state index in [-0.39, 0.29) is 49.7 Å². The van der Waals surface area contributed by atoms with Crippen molar-refractivity contribution in [2.24, 2.45) is 23.9 Å². The number of nitrogens with zero attached hydrogens (tertiary/aromatic N) is 6. The summed E-state index contributed by atoms with van der Waals surface area (Å²) in [7, 11) is 4.52. The first-order valence-corrected chi connectivity index (χ1v) is 21.1. The number of likely N-dealkylation sites (tertiary alicyclic amines) is 2. The zero-order chi connectivity index (χ0) is 42.9. The zero-order valence-electron chi connectivity index (χ0n) is 35.3. The monoisotopic (exact) mass is 840 g/mol. The molecule has 6 atom stereocenters. The van der Waals surface area contributed by atoms with Crippen LogP contribution in [-0.2, 0) is 26.1 Å². The number of allylic oxidation sites excluding steroid dienone is 1. The van der Waals surface area contributed by atoms with Gasteiger partial charge < -0.3 is 34.5 Å². The molecule has 4 amide bonds. The Morgan fingerprint density at radius 3 is 2.23 bits per heavy atom. The Morgan fingerprint density at radius 1 is 0.871 bits per heavy atom. The highest BCUT2D eigenvalue weighted by molar-refractivity contribution is 6.05. The van der Waals surface area contributed by atoms with E-state index < -0.39 is 24.3 Å². The van der Waals surface area contributed by atoms with E-state index in [4.69, 9.17) is 19.5 Å². The van der Waals surface area contributed by atoms with E-state index in [0.717, 1.165) is 87.9 Å². The normalized spacial score (nSPS) is 21.2. The molecular formula is C48H56N8O6. The van der Waals surface area contributed by atoms with Gasteiger partial charge in [-0.15, -0.1) is 0 Å². The lowest BCUT2D eigenvalue weighted by molar-refractivity contribution is -0.136. The second-order valence-electron chi connectivity index (χ2n) is 16.9. The van der Waals surface area contributed by atoms with Gasteiger partial charge in [0.15, 0.2) is 0 Å². The van der Waals surface area contributed by atoms with E-state index in [1.54, 1.807) is 0 Å². The number of nitrogens with one attached hydrogen (secondary N) is 2. The summed E-state index contributed by atoms with van der Waals surface area (Å²) in [5.74, 6) is 0.623. The van der Waals surface area contributed by atoms with Crippen molar-refractivity contribution < 1.29 is 28.7 Å². The van der Waals surface area contributed by atoms with Gasteiger partial charge in [-0.3, -0.25) is 14.6 Å². The number of hydrogen-bond acceptors (Lipinski definition) is 9. The molecule has 1 aliphatic carbocycles. The van der Waals surface area contributed by atoms with Crippen molar-refractivity contribution in [3.05, 3.63) is 84.4 Å². The molecule has 8 rings (SSSR count). The van der Waals surface area contributed by atoms with Gasteiger partial charge >= 0.3 is 12.2 Å². The molecule has 3 fully saturated rings. The number of nitriles is 1. The van der Waals surface area contributed by atoms with Gasteiger partial charge in [-0.05, 0) is 94.7 Å². The van der Waals surface area contributed by atoms with E-state index in [1.165, 1.54) is 14.2 Å². The molecule has 4 heterocycles. The second kappa shape index (κ2) is 18.2. The predicted octanol–water partition coefficient (Wildman–Crippen LogP) is 7.79. The smallest absolute Gasteiger partial charge is 0.407 e. The Hall–Kier alpha value is -6.49. The van der Waals surface area contributed by atoms with Gasteiger partial charge in [-0.1, -0.05) is 69.8 Å². The fraction of sp³-hybridized carbons (Fsp3) is 0.438. The summed E-state index contributed by atoms with van der Waals surface area (Å²) in [6.45, 7) is 4.42. The van der Waals surface area contributed by atoms with Crippen LogP contribution in [-0.4, -0.2) is 94.0 Å². The Kier molecular flexibility index (Phi) is 12.8. The summed E-state index contributed by atoms with van der Waals surface area (Å²) < 4.78 is 11.6. The first kappa shape index (κ1) is 43.6. The number of hydrogen-bond donors (Lipinski definition) is 2. The molecule has 3 aliphatic heterocycles. The molecule has 0 unspecified atom stereocenters. The number of methoxy groups -OCH3 is 2. The maximum atomic E-state index is 13.8. The maximum absolute atomic E-state index is 13.8. The molecule has 4 aromatic rings. The molecule has 0 radical (unpaired) electrons. The lowest BCUT2D eigenvalue weighted by atomic mass is 9.89. The van der Waals surface area contributed by atoms with Gasteiger partial charge in [-0.2, -0.15) is 5.26 Å². The molecule has 1 saturated carbocycles.